The molecule has 2 aromatic rings. The number of amides is 2. The first kappa shape index (κ1) is 25.7. The number of morpholine rings is 1. The second-order valence-electron chi connectivity index (χ2n) is 10.6. The van der Waals surface area contributed by atoms with Crippen molar-refractivity contribution in [1.82, 2.24) is 20.2 Å². The first-order valence-electron chi connectivity index (χ1n) is 13.0. The minimum Gasteiger partial charge on any atom is -0.463 e. The number of nitrogens with zero attached hydrogens (tertiary/aromatic N) is 4. The summed E-state index contributed by atoms with van der Waals surface area (Å²) in [6.45, 7) is 8.98. The highest BCUT2D eigenvalue weighted by Crippen LogP contribution is 2.42. The van der Waals surface area contributed by atoms with Crippen LogP contribution in [0.4, 0.5) is 16.3 Å². The van der Waals surface area contributed by atoms with Gasteiger partial charge in [0.15, 0.2) is 11.5 Å². The highest BCUT2D eigenvalue weighted by molar-refractivity contribution is 6.32. The zero-order chi connectivity index (χ0) is 26.2. The Balaban J connectivity index is 1.24. The molecule has 1 saturated carbocycles. The molecule has 1 saturated heterocycles. The van der Waals surface area contributed by atoms with E-state index < -0.39 is 5.60 Å². The van der Waals surface area contributed by atoms with Crippen LogP contribution >= 0.6 is 11.6 Å². The van der Waals surface area contributed by atoms with E-state index in [0.29, 0.717) is 61.3 Å². The van der Waals surface area contributed by atoms with Crippen LogP contribution in [-0.2, 0) is 4.74 Å². The van der Waals surface area contributed by atoms with Gasteiger partial charge in [-0.1, -0.05) is 23.7 Å². The van der Waals surface area contributed by atoms with Gasteiger partial charge in [-0.3, -0.25) is 0 Å². The van der Waals surface area contributed by atoms with E-state index >= 15 is 0 Å². The van der Waals surface area contributed by atoms with Gasteiger partial charge in [0.05, 0.1) is 18.9 Å². The number of ether oxygens (including phenoxy) is 2. The summed E-state index contributed by atoms with van der Waals surface area (Å²) in [5.41, 5.74) is 8.67. The fraction of sp³-hybridized carbons (Fsp3) is 0.556. The summed E-state index contributed by atoms with van der Waals surface area (Å²) in [5.74, 6) is 2.14. The molecular formula is C27H35ClN6O3. The van der Waals surface area contributed by atoms with Gasteiger partial charge in [-0.2, -0.15) is 4.98 Å². The van der Waals surface area contributed by atoms with Crippen molar-refractivity contribution in [1.29, 1.82) is 0 Å². The molecule has 0 bridgehead atoms. The van der Waals surface area contributed by atoms with Crippen LogP contribution in [-0.4, -0.2) is 65.1 Å². The van der Waals surface area contributed by atoms with Crippen molar-refractivity contribution in [3.8, 4) is 5.88 Å². The maximum Gasteiger partial charge on any atom is 0.317 e. The SMILES string of the molecule is Cc1nc(N)c2c(n1)OC(C)(C)C(c1ccc(C3CCC(CNC(=O)N4CCOCC4)CC3)c(Cl)c1)=N2. The monoisotopic (exact) mass is 526 g/mol. The van der Waals surface area contributed by atoms with Crippen LogP contribution in [0.15, 0.2) is 23.2 Å². The number of urea groups is 1. The minimum atomic E-state index is -0.700. The molecule has 0 spiro atoms. The van der Waals surface area contributed by atoms with Gasteiger partial charge < -0.3 is 25.4 Å². The molecule has 1 aromatic carbocycles. The lowest BCUT2D eigenvalue weighted by molar-refractivity contribution is 0.0528. The number of nitrogens with two attached hydrogens (primary N) is 1. The number of fused-ring (bicyclic) bond motifs is 1. The van der Waals surface area contributed by atoms with Crippen molar-refractivity contribution in [3.05, 3.63) is 40.2 Å². The summed E-state index contributed by atoms with van der Waals surface area (Å²) < 4.78 is 11.5. The van der Waals surface area contributed by atoms with Gasteiger partial charge in [-0.15, -0.1) is 0 Å². The summed E-state index contributed by atoms with van der Waals surface area (Å²) in [5, 5.41) is 3.85. The highest BCUT2D eigenvalue weighted by Gasteiger charge is 2.36. The average Bonchev–Trinajstić information content (AvgIpc) is 2.87. The average molecular weight is 527 g/mol. The molecule has 1 aliphatic carbocycles. The molecular weight excluding hydrogens is 492 g/mol. The van der Waals surface area contributed by atoms with E-state index in [4.69, 9.17) is 31.8 Å². The Morgan fingerprint density at radius 2 is 1.92 bits per heavy atom. The standard InChI is InChI=1S/C27H35ClN6O3/c1-16-31-24(29)22-25(32-16)37-27(2,3)23(33-22)19-8-9-20(21(28)14-19)18-6-4-17(5-7-18)15-30-26(35)34-10-12-36-13-11-34/h8-9,14,17-18H,4-7,10-13,15H2,1-3H3,(H,30,35)(H2,29,31,32). The minimum absolute atomic E-state index is 0.0210. The van der Waals surface area contributed by atoms with E-state index in [9.17, 15) is 4.79 Å². The Hall–Kier alpha value is -2.91. The van der Waals surface area contributed by atoms with Crippen LogP contribution in [0.5, 0.6) is 5.88 Å². The van der Waals surface area contributed by atoms with Crippen molar-refractivity contribution in [3.63, 3.8) is 0 Å². The van der Waals surface area contributed by atoms with Crippen LogP contribution in [0.3, 0.4) is 0 Å². The lowest BCUT2D eigenvalue weighted by atomic mass is 9.78. The van der Waals surface area contributed by atoms with Crippen LogP contribution in [0.1, 0.15) is 62.4 Å². The number of carbonyl (C=O) groups is 1. The second-order valence-corrected chi connectivity index (χ2v) is 11.0. The van der Waals surface area contributed by atoms with Gasteiger partial charge in [-0.25, -0.2) is 14.8 Å². The number of hydrogen-bond donors (Lipinski definition) is 2. The molecule has 9 nitrogen and oxygen atoms in total. The van der Waals surface area contributed by atoms with Gasteiger partial charge >= 0.3 is 6.03 Å². The molecule has 0 atom stereocenters. The van der Waals surface area contributed by atoms with E-state index in [0.717, 1.165) is 54.1 Å². The lowest BCUT2D eigenvalue weighted by Gasteiger charge is -2.33. The molecule has 0 unspecified atom stereocenters. The van der Waals surface area contributed by atoms with Crippen LogP contribution < -0.4 is 15.8 Å². The number of aliphatic imine (C=N–C) groups is 1. The number of aromatic nitrogens is 2. The number of nitrogen functional groups attached to an aromatic ring is 1. The molecule has 10 heteroatoms. The maximum atomic E-state index is 12.4. The summed E-state index contributed by atoms with van der Waals surface area (Å²) in [7, 11) is 0. The Labute approximate surface area is 222 Å². The molecule has 2 aliphatic heterocycles. The Kier molecular flexibility index (Phi) is 7.27. The van der Waals surface area contributed by atoms with Crippen LogP contribution in [0, 0.1) is 12.8 Å². The molecule has 198 valence electrons. The Bertz CT molecular complexity index is 1200. The second kappa shape index (κ2) is 10.5. The van der Waals surface area contributed by atoms with Gasteiger partial charge in [0.25, 0.3) is 0 Å². The quantitative estimate of drug-likeness (QED) is 0.600. The molecule has 3 N–H and O–H groups in total. The van der Waals surface area contributed by atoms with E-state index in [1.54, 1.807) is 6.92 Å². The number of rotatable bonds is 4. The number of aryl methyl sites for hydroxylation is 1. The molecule has 0 radical (unpaired) electrons. The van der Waals surface area contributed by atoms with E-state index in [1.807, 2.05) is 24.8 Å². The van der Waals surface area contributed by atoms with Gasteiger partial charge in [0, 0.05) is 30.2 Å². The molecule has 37 heavy (non-hydrogen) atoms. The van der Waals surface area contributed by atoms with E-state index in [2.05, 4.69) is 27.4 Å². The molecule has 1 aromatic heterocycles. The van der Waals surface area contributed by atoms with Crippen molar-refractivity contribution >= 4 is 34.8 Å². The predicted molar refractivity (Wildman–Crippen MR) is 144 cm³/mol. The van der Waals surface area contributed by atoms with E-state index in [-0.39, 0.29) is 6.03 Å². The molecule has 5 rings (SSSR count). The number of carbonyl (C=O) groups excluding carboxylic acids is 1. The number of nitrogens with one attached hydrogen (secondary N) is 1. The maximum absolute atomic E-state index is 12.4. The van der Waals surface area contributed by atoms with Crippen LogP contribution in [0.2, 0.25) is 5.02 Å². The molecule has 3 heterocycles. The fourth-order valence-electron chi connectivity index (χ4n) is 5.48. The lowest BCUT2D eigenvalue weighted by Crippen LogP contribution is -2.47. The normalized spacial score (nSPS) is 23.0. The van der Waals surface area contributed by atoms with Crippen molar-refractivity contribution < 1.29 is 14.3 Å². The molecule has 2 fully saturated rings. The first-order chi connectivity index (χ1) is 17.7. The third-order valence-corrected chi connectivity index (χ3v) is 7.86. The number of anilines is 1. The highest BCUT2D eigenvalue weighted by atomic mass is 35.5. The number of halogens is 1. The van der Waals surface area contributed by atoms with Gasteiger partial charge in [-0.05, 0) is 69.9 Å². The number of benzene rings is 1. The smallest absolute Gasteiger partial charge is 0.317 e. The van der Waals surface area contributed by atoms with E-state index in [1.165, 1.54) is 0 Å². The summed E-state index contributed by atoms with van der Waals surface area (Å²) >= 11 is 6.83. The summed E-state index contributed by atoms with van der Waals surface area (Å²) in [4.78, 5) is 27.6. The number of hydrogen-bond acceptors (Lipinski definition) is 7. The third kappa shape index (κ3) is 5.52. The largest absolute Gasteiger partial charge is 0.463 e. The van der Waals surface area contributed by atoms with Crippen molar-refractivity contribution in [2.24, 2.45) is 10.9 Å². The Morgan fingerprint density at radius 3 is 2.62 bits per heavy atom. The predicted octanol–water partition coefficient (Wildman–Crippen LogP) is 4.63. The van der Waals surface area contributed by atoms with Gasteiger partial charge in [0.2, 0.25) is 5.88 Å². The fourth-order valence-corrected chi connectivity index (χ4v) is 5.81. The zero-order valence-electron chi connectivity index (χ0n) is 21.7. The third-order valence-electron chi connectivity index (χ3n) is 7.54. The summed E-state index contributed by atoms with van der Waals surface area (Å²) in [6.07, 6.45) is 4.23. The topological polar surface area (TPSA) is 115 Å². The summed E-state index contributed by atoms with van der Waals surface area (Å²) in [6, 6.07) is 6.18. The van der Waals surface area contributed by atoms with Gasteiger partial charge in [0.1, 0.15) is 11.4 Å². The molecule has 3 aliphatic rings. The Morgan fingerprint density at radius 1 is 1.19 bits per heavy atom. The van der Waals surface area contributed by atoms with Crippen molar-refractivity contribution in [2.75, 3.05) is 38.6 Å². The zero-order valence-corrected chi connectivity index (χ0v) is 22.5. The van der Waals surface area contributed by atoms with Crippen molar-refractivity contribution in [2.45, 2.75) is 58.0 Å². The first-order valence-corrected chi connectivity index (χ1v) is 13.4. The molecule has 2 amide bonds. The van der Waals surface area contributed by atoms with Crippen LogP contribution in [0.25, 0.3) is 0 Å².